The highest BCUT2D eigenvalue weighted by Gasteiger charge is 2.37. The van der Waals surface area contributed by atoms with Crippen molar-refractivity contribution in [1.29, 1.82) is 0 Å². The molecule has 1 amide bonds. The van der Waals surface area contributed by atoms with Crippen molar-refractivity contribution < 1.29 is 27.6 Å². The van der Waals surface area contributed by atoms with E-state index in [2.05, 4.69) is 5.16 Å². The number of hydrogen-bond acceptors (Lipinski definition) is 5. The minimum absolute atomic E-state index is 0.0413. The summed E-state index contributed by atoms with van der Waals surface area (Å²) in [6, 6.07) is 5.72. The molecule has 1 unspecified atom stereocenters. The van der Waals surface area contributed by atoms with Crippen LogP contribution in [-0.2, 0) is 23.9 Å². The summed E-state index contributed by atoms with van der Waals surface area (Å²) in [5.74, 6) is 0.335. The third kappa shape index (κ3) is 3.96. The second kappa shape index (κ2) is 8.03. The van der Waals surface area contributed by atoms with Gasteiger partial charge in [-0.2, -0.15) is 13.2 Å². The van der Waals surface area contributed by atoms with Crippen LogP contribution in [0.3, 0.4) is 0 Å². The number of rotatable bonds is 3. The molecule has 30 heavy (non-hydrogen) atoms. The zero-order chi connectivity index (χ0) is 21.5. The number of benzene rings is 1. The van der Waals surface area contributed by atoms with E-state index < -0.39 is 18.0 Å². The number of piperidine rings is 1. The average Bonchev–Trinajstić information content (AvgIpc) is 3.16. The largest absolute Gasteiger partial charge is 0.416 e. The highest BCUT2D eigenvalue weighted by atomic mass is 19.4. The Morgan fingerprint density at radius 2 is 1.93 bits per heavy atom. The first kappa shape index (κ1) is 20.9. The number of alkyl halides is 3. The molecular formula is C21H24F3N3O3. The van der Waals surface area contributed by atoms with Crippen LogP contribution in [0.15, 0.2) is 28.8 Å². The molecule has 0 aliphatic carbocycles. The van der Waals surface area contributed by atoms with Crippen molar-refractivity contribution >= 4 is 5.91 Å². The Morgan fingerprint density at radius 3 is 2.60 bits per heavy atom. The van der Waals surface area contributed by atoms with Gasteiger partial charge in [-0.15, -0.1) is 0 Å². The van der Waals surface area contributed by atoms with Crippen molar-refractivity contribution in [2.75, 3.05) is 19.6 Å². The summed E-state index contributed by atoms with van der Waals surface area (Å²) >= 11 is 0. The fourth-order valence-corrected chi connectivity index (χ4v) is 4.46. The molecule has 2 aromatic rings. The standard InChI is InChI=1S/C21H24F3N3O3/c1-13(28)27-11-8-16-18(12-27)30-25-19(16)20(29)26-9-6-14(7-10-26)15-4-2-3-5-17(15)21(22,23)24/h2-5,14,20,29H,6-12H2,1H3. The van der Waals surface area contributed by atoms with Gasteiger partial charge in [0.2, 0.25) is 5.91 Å². The third-order valence-corrected chi connectivity index (χ3v) is 6.14. The summed E-state index contributed by atoms with van der Waals surface area (Å²) in [5, 5.41) is 14.9. The summed E-state index contributed by atoms with van der Waals surface area (Å²) in [7, 11) is 0. The SMILES string of the molecule is CC(=O)N1CCc2c(C(O)N3CCC(c4ccccc4C(F)(F)F)CC3)noc2C1. The molecule has 0 radical (unpaired) electrons. The number of nitrogens with zero attached hydrogens (tertiary/aromatic N) is 3. The van der Waals surface area contributed by atoms with E-state index in [0.29, 0.717) is 62.5 Å². The second-order valence-corrected chi connectivity index (χ2v) is 7.93. The smallest absolute Gasteiger partial charge is 0.372 e. The molecule has 1 aromatic carbocycles. The minimum atomic E-state index is -4.37. The van der Waals surface area contributed by atoms with Gasteiger partial charge in [-0.05, 0) is 36.8 Å². The van der Waals surface area contributed by atoms with E-state index in [4.69, 9.17) is 4.52 Å². The third-order valence-electron chi connectivity index (χ3n) is 6.14. The molecule has 2 aliphatic rings. The van der Waals surface area contributed by atoms with Gasteiger partial charge in [-0.3, -0.25) is 9.69 Å². The van der Waals surface area contributed by atoms with Crippen molar-refractivity contribution in [2.45, 2.75) is 51.1 Å². The number of carbonyl (C=O) groups excluding carboxylic acids is 1. The van der Waals surface area contributed by atoms with E-state index in [1.54, 1.807) is 17.0 Å². The number of amides is 1. The van der Waals surface area contributed by atoms with Crippen LogP contribution in [0.25, 0.3) is 0 Å². The van der Waals surface area contributed by atoms with Crippen LogP contribution in [0, 0.1) is 0 Å². The molecule has 1 saturated heterocycles. The first-order valence-corrected chi connectivity index (χ1v) is 10.1. The Labute approximate surface area is 172 Å². The van der Waals surface area contributed by atoms with E-state index in [9.17, 15) is 23.1 Å². The summed E-state index contributed by atoms with van der Waals surface area (Å²) in [6.45, 7) is 3.29. The lowest BCUT2D eigenvalue weighted by atomic mass is 9.86. The lowest BCUT2D eigenvalue weighted by molar-refractivity contribution is -0.138. The number of halogens is 3. The van der Waals surface area contributed by atoms with Crippen molar-refractivity contribution in [2.24, 2.45) is 0 Å². The van der Waals surface area contributed by atoms with Crippen LogP contribution >= 0.6 is 0 Å². The zero-order valence-electron chi connectivity index (χ0n) is 16.7. The predicted octanol–water partition coefficient (Wildman–Crippen LogP) is 3.47. The maximum absolute atomic E-state index is 13.3. The summed E-state index contributed by atoms with van der Waals surface area (Å²) in [6.07, 6.45) is -3.76. The van der Waals surface area contributed by atoms with Gasteiger partial charge in [-0.25, -0.2) is 0 Å². The van der Waals surface area contributed by atoms with Crippen molar-refractivity contribution in [3.63, 3.8) is 0 Å². The van der Waals surface area contributed by atoms with Gasteiger partial charge in [0, 0.05) is 32.1 Å². The number of aromatic nitrogens is 1. The molecular weight excluding hydrogens is 399 g/mol. The summed E-state index contributed by atoms with van der Waals surface area (Å²) in [5.41, 5.74) is 1.01. The van der Waals surface area contributed by atoms with Gasteiger partial charge in [0.1, 0.15) is 5.69 Å². The number of carbonyl (C=O) groups is 1. The molecule has 1 aromatic heterocycles. The van der Waals surface area contributed by atoms with Crippen molar-refractivity contribution in [1.82, 2.24) is 15.0 Å². The van der Waals surface area contributed by atoms with Gasteiger partial charge in [0.15, 0.2) is 12.0 Å². The topological polar surface area (TPSA) is 69.8 Å². The van der Waals surface area contributed by atoms with Crippen molar-refractivity contribution in [3.8, 4) is 0 Å². The average molecular weight is 423 g/mol. The van der Waals surface area contributed by atoms with Gasteiger partial charge in [0.05, 0.1) is 12.1 Å². The molecule has 162 valence electrons. The quantitative estimate of drug-likeness (QED) is 0.819. The number of aliphatic hydroxyl groups is 1. The molecule has 9 heteroatoms. The zero-order valence-corrected chi connectivity index (χ0v) is 16.7. The van der Waals surface area contributed by atoms with Crippen LogP contribution in [-0.4, -0.2) is 45.6 Å². The Morgan fingerprint density at radius 1 is 1.23 bits per heavy atom. The number of likely N-dealkylation sites (tertiary alicyclic amines) is 1. The highest BCUT2D eigenvalue weighted by molar-refractivity contribution is 5.73. The molecule has 0 spiro atoms. The first-order valence-electron chi connectivity index (χ1n) is 10.1. The molecule has 1 N–H and O–H groups in total. The van der Waals surface area contributed by atoms with E-state index >= 15 is 0 Å². The Hall–Kier alpha value is -2.39. The van der Waals surface area contributed by atoms with E-state index in [-0.39, 0.29) is 11.8 Å². The van der Waals surface area contributed by atoms with Crippen LogP contribution in [0.5, 0.6) is 0 Å². The van der Waals surface area contributed by atoms with Crippen molar-refractivity contribution in [3.05, 3.63) is 52.4 Å². The molecule has 2 aliphatic heterocycles. The number of aliphatic hydroxyl groups excluding tert-OH is 1. The molecule has 0 bridgehead atoms. The number of hydrogen-bond donors (Lipinski definition) is 1. The lowest BCUT2D eigenvalue weighted by Crippen LogP contribution is -2.38. The van der Waals surface area contributed by atoms with E-state index in [1.165, 1.54) is 13.0 Å². The molecule has 3 heterocycles. The minimum Gasteiger partial charge on any atom is -0.372 e. The Bertz CT molecular complexity index is 920. The predicted molar refractivity (Wildman–Crippen MR) is 101 cm³/mol. The van der Waals surface area contributed by atoms with Gasteiger partial charge < -0.3 is 14.5 Å². The monoisotopic (exact) mass is 423 g/mol. The summed E-state index contributed by atoms with van der Waals surface area (Å²) < 4.78 is 45.4. The van der Waals surface area contributed by atoms with Crippen LogP contribution in [0.1, 0.15) is 60.1 Å². The number of fused-ring (bicyclic) bond motifs is 1. The fraction of sp³-hybridized carbons (Fsp3) is 0.524. The van der Waals surface area contributed by atoms with Gasteiger partial charge >= 0.3 is 6.18 Å². The Kier molecular flexibility index (Phi) is 5.59. The maximum Gasteiger partial charge on any atom is 0.416 e. The maximum atomic E-state index is 13.3. The van der Waals surface area contributed by atoms with Gasteiger partial charge in [0.25, 0.3) is 0 Å². The second-order valence-electron chi connectivity index (χ2n) is 7.93. The van der Waals surface area contributed by atoms with E-state index in [1.807, 2.05) is 4.90 Å². The molecule has 1 atom stereocenters. The molecule has 1 fully saturated rings. The molecule has 4 rings (SSSR count). The molecule has 6 nitrogen and oxygen atoms in total. The summed E-state index contributed by atoms with van der Waals surface area (Å²) in [4.78, 5) is 15.0. The van der Waals surface area contributed by atoms with Crippen LogP contribution in [0.2, 0.25) is 0 Å². The van der Waals surface area contributed by atoms with Crippen LogP contribution < -0.4 is 0 Å². The normalized spacial score (nSPS) is 19.6. The fourth-order valence-electron chi connectivity index (χ4n) is 4.46. The van der Waals surface area contributed by atoms with Crippen LogP contribution in [0.4, 0.5) is 13.2 Å². The Balaban J connectivity index is 1.44. The van der Waals surface area contributed by atoms with E-state index in [0.717, 1.165) is 11.6 Å². The molecule has 0 saturated carbocycles. The van der Waals surface area contributed by atoms with Gasteiger partial charge in [-0.1, -0.05) is 23.4 Å². The lowest BCUT2D eigenvalue weighted by Gasteiger charge is -2.35. The highest BCUT2D eigenvalue weighted by Crippen LogP contribution is 2.40. The first-order chi connectivity index (χ1) is 14.3.